The Hall–Kier alpha value is -4.47. The summed E-state index contributed by atoms with van der Waals surface area (Å²) in [5.41, 5.74) is 2.12. The Morgan fingerprint density at radius 2 is 1.57 bits per heavy atom. The number of hydrogen-bond donors (Lipinski definition) is 1. The van der Waals surface area contributed by atoms with Crippen LogP contribution in [0, 0.1) is 11.3 Å². The van der Waals surface area contributed by atoms with Gasteiger partial charge in [-0.05, 0) is 36.3 Å². The third kappa shape index (κ3) is 5.55. The average Bonchev–Trinajstić information content (AvgIpc) is 3.21. The summed E-state index contributed by atoms with van der Waals surface area (Å²) in [7, 11) is 0. The fourth-order valence-electron chi connectivity index (χ4n) is 3.58. The quantitative estimate of drug-likeness (QED) is 0.457. The maximum atomic E-state index is 13.4. The first-order valence-corrected chi connectivity index (χ1v) is 11.9. The van der Waals surface area contributed by atoms with Gasteiger partial charge >= 0.3 is 0 Å². The van der Waals surface area contributed by atoms with E-state index in [1.807, 2.05) is 97.9 Å². The number of carbonyl (C=O) groups is 1. The van der Waals surface area contributed by atoms with Crippen LogP contribution in [-0.4, -0.2) is 10.5 Å². The molecule has 0 aliphatic carbocycles. The third-order valence-electron chi connectivity index (χ3n) is 5.37. The Bertz CT molecular complexity index is 1560. The Balaban J connectivity index is 1.82. The fourth-order valence-corrected chi connectivity index (χ4v) is 4.63. The van der Waals surface area contributed by atoms with Crippen molar-refractivity contribution in [1.29, 1.82) is 5.26 Å². The molecule has 0 saturated carbocycles. The maximum absolute atomic E-state index is 13.4. The zero-order valence-corrected chi connectivity index (χ0v) is 19.9. The lowest BCUT2D eigenvalue weighted by Crippen LogP contribution is -2.34. The number of nitriles is 1. The predicted molar refractivity (Wildman–Crippen MR) is 141 cm³/mol. The molecule has 5 nitrogen and oxygen atoms in total. The molecule has 0 fully saturated rings. The van der Waals surface area contributed by atoms with Gasteiger partial charge in [0.2, 0.25) is 0 Å². The van der Waals surface area contributed by atoms with Crippen molar-refractivity contribution >= 4 is 35.0 Å². The summed E-state index contributed by atoms with van der Waals surface area (Å²) >= 11 is 1.12. The van der Waals surface area contributed by atoms with Crippen LogP contribution in [-0.2, 0) is 4.79 Å². The van der Waals surface area contributed by atoms with E-state index in [1.54, 1.807) is 24.3 Å². The first-order chi connectivity index (χ1) is 17.1. The Morgan fingerprint density at radius 3 is 2.20 bits per heavy atom. The number of nitrogens with zero attached hydrogens (tertiary/aromatic N) is 2. The molecule has 1 aromatic heterocycles. The highest BCUT2D eigenvalue weighted by Crippen LogP contribution is 2.12. The topological polar surface area (TPSA) is 74.9 Å². The first kappa shape index (κ1) is 23.7. The molecule has 0 aliphatic heterocycles. The van der Waals surface area contributed by atoms with Gasteiger partial charge in [-0.1, -0.05) is 91.0 Å². The lowest BCUT2D eigenvalue weighted by molar-refractivity contribution is -0.116. The van der Waals surface area contributed by atoms with Crippen LogP contribution in [0.25, 0.3) is 23.4 Å². The Labute approximate surface area is 207 Å². The van der Waals surface area contributed by atoms with Crippen molar-refractivity contribution in [2.24, 2.45) is 0 Å². The molecule has 3 aromatic carbocycles. The summed E-state index contributed by atoms with van der Waals surface area (Å²) in [6.45, 7) is 1.86. The van der Waals surface area contributed by atoms with Crippen molar-refractivity contribution in [2.75, 3.05) is 0 Å². The van der Waals surface area contributed by atoms with E-state index in [0.717, 1.165) is 22.5 Å². The number of benzene rings is 3. The minimum absolute atomic E-state index is 0.106. The van der Waals surface area contributed by atoms with Crippen molar-refractivity contribution in [3.63, 3.8) is 0 Å². The lowest BCUT2D eigenvalue weighted by atomic mass is 10.1. The van der Waals surface area contributed by atoms with Gasteiger partial charge in [0.15, 0.2) is 5.57 Å². The van der Waals surface area contributed by atoms with Crippen LogP contribution in [0.2, 0.25) is 0 Å². The molecule has 1 heterocycles. The number of nitrogens with one attached hydrogen (secondary N) is 1. The van der Waals surface area contributed by atoms with E-state index in [0.29, 0.717) is 14.9 Å². The molecule has 0 spiro atoms. The van der Waals surface area contributed by atoms with Crippen LogP contribution < -0.4 is 20.1 Å². The molecule has 0 saturated heterocycles. The van der Waals surface area contributed by atoms with Crippen LogP contribution >= 0.6 is 11.3 Å². The van der Waals surface area contributed by atoms with Gasteiger partial charge in [-0.25, -0.2) is 0 Å². The number of allylic oxidation sites excluding steroid dienone is 1. The van der Waals surface area contributed by atoms with Crippen LogP contribution in [0.3, 0.4) is 0 Å². The molecular weight excluding hydrogens is 454 g/mol. The van der Waals surface area contributed by atoms with Crippen LogP contribution in [0.1, 0.15) is 24.1 Å². The number of amides is 1. The molecule has 6 heteroatoms. The van der Waals surface area contributed by atoms with Crippen molar-refractivity contribution < 1.29 is 4.79 Å². The van der Waals surface area contributed by atoms with Crippen LogP contribution in [0.4, 0.5) is 0 Å². The first-order valence-electron chi connectivity index (χ1n) is 11.1. The molecule has 35 heavy (non-hydrogen) atoms. The second-order valence-corrected chi connectivity index (χ2v) is 8.81. The summed E-state index contributed by atoms with van der Waals surface area (Å²) < 4.78 is 2.14. The van der Waals surface area contributed by atoms with Gasteiger partial charge in [0, 0.05) is 0 Å². The predicted octanol–water partition coefficient (Wildman–Crippen LogP) is 3.94. The normalized spacial score (nSPS) is 13.3. The van der Waals surface area contributed by atoms with Gasteiger partial charge in [-0.2, -0.15) is 5.26 Å². The highest BCUT2D eigenvalue weighted by Gasteiger charge is 2.18. The average molecular weight is 478 g/mol. The van der Waals surface area contributed by atoms with Gasteiger partial charge in [0.1, 0.15) is 10.7 Å². The molecule has 0 radical (unpaired) electrons. The monoisotopic (exact) mass is 477 g/mol. The molecule has 1 atom stereocenters. The van der Waals surface area contributed by atoms with Crippen molar-refractivity contribution in [3.05, 3.63) is 128 Å². The number of hydrogen-bond acceptors (Lipinski definition) is 4. The summed E-state index contributed by atoms with van der Waals surface area (Å²) in [6, 6.07) is 30.0. The number of para-hydroxylation sites is 1. The van der Waals surface area contributed by atoms with E-state index in [9.17, 15) is 14.9 Å². The van der Waals surface area contributed by atoms with E-state index in [4.69, 9.17) is 0 Å². The van der Waals surface area contributed by atoms with Gasteiger partial charge < -0.3 is 5.32 Å². The van der Waals surface area contributed by atoms with E-state index < -0.39 is 5.91 Å². The smallest absolute Gasteiger partial charge is 0.273 e. The number of carbonyl (C=O) groups excluding carboxylic acids is 1. The van der Waals surface area contributed by atoms with Crippen LogP contribution in [0.5, 0.6) is 0 Å². The van der Waals surface area contributed by atoms with Crippen molar-refractivity contribution in [3.8, 4) is 11.8 Å². The maximum Gasteiger partial charge on any atom is 0.273 e. The molecule has 0 unspecified atom stereocenters. The highest BCUT2D eigenvalue weighted by molar-refractivity contribution is 7.07. The zero-order valence-electron chi connectivity index (χ0n) is 19.1. The van der Waals surface area contributed by atoms with E-state index in [2.05, 4.69) is 5.32 Å². The number of rotatable bonds is 6. The van der Waals surface area contributed by atoms with Gasteiger partial charge in [-0.15, -0.1) is 11.3 Å². The standard InChI is InChI=1S/C29H23N3O2S/c1-21(23-15-7-3-8-16-23)31-27(33)25(20-30)29-32(24-17-9-4-10-18-24)28(34)26(35-29)19-11-14-22-12-5-2-6-13-22/h2-19,21H,1H3,(H,31,33)/b14-11+,26-19+,29-25-/t21-/m0/s1. The third-order valence-corrected chi connectivity index (χ3v) is 6.48. The van der Waals surface area contributed by atoms with E-state index >= 15 is 0 Å². The number of aromatic nitrogens is 1. The summed E-state index contributed by atoms with van der Waals surface area (Å²) in [5, 5.41) is 12.8. The van der Waals surface area contributed by atoms with Gasteiger partial charge in [0.05, 0.1) is 16.3 Å². The summed E-state index contributed by atoms with van der Waals surface area (Å²) in [5.74, 6) is -0.527. The molecule has 0 aliphatic rings. The fraction of sp³-hybridized carbons (Fsp3) is 0.0690. The second kappa shape index (κ2) is 11.1. The number of thiazole rings is 1. The lowest BCUT2D eigenvalue weighted by Gasteiger charge is -2.13. The SMILES string of the molecule is C[C@H](NC(=O)/C(C#N)=c1\s/c(=C/C=C/c2ccccc2)c(=O)n1-c1ccccc1)c1ccccc1. The zero-order chi connectivity index (χ0) is 24.6. The van der Waals surface area contributed by atoms with Crippen LogP contribution in [0.15, 0.2) is 102 Å². The molecule has 1 amide bonds. The molecule has 4 rings (SSSR count). The molecule has 0 bridgehead atoms. The Morgan fingerprint density at radius 1 is 0.971 bits per heavy atom. The molecule has 172 valence electrons. The minimum Gasteiger partial charge on any atom is -0.345 e. The highest BCUT2D eigenvalue weighted by atomic mass is 32.1. The molecular formula is C29H23N3O2S. The summed E-state index contributed by atoms with van der Waals surface area (Å²) in [6.07, 6.45) is 5.41. The minimum atomic E-state index is -0.527. The largest absolute Gasteiger partial charge is 0.345 e. The second-order valence-electron chi connectivity index (χ2n) is 7.78. The van der Waals surface area contributed by atoms with E-state index in [1.165, 1.54) is 4.57 Å². The van der Waals surface area contributed by atoms with E-state index in [-0.39, 0.29) is 17.2 Å². The van der Waals surface area contributed by atoms with Gasteiger partial charge in [0.25, 0.3) is 11.5 Å². The Kier molecular flexibility index (Phi) is 7.51. The van der Waals surface area contributed by atoms with Gasteiger partial charge in [-0.3, -0.25) is 14.2 Å². The summed E-state index contributed by atoms with van der Waals surface area (Å²) in [4.78, 5) is 26.5. The van der Waals surface area contributed by atoms with Crippen molar-refractivity contribution in [1.82, 2.24) is 9.88 Å². The molecule has 1 N–H and O–H groups in total. The molecule has 4 aromatic rings. The van der Waals surface area contributed by atoms with Crippen molar-refractivity contribution in [2.45, 2.75) is 13.0 Å².